The van der Waals surface area contributed by atoms with E-state index < -0.39 is 0 Å². The van der Waals surface area contributed by atoms with E-state index in [1.54, 1.807) is 7.11 Å². The third-order valence-electron chi connectivity index (χ3n) is 5.65. The number of H-pyrrole nitrogens is 1. The Morgan fingerprint density at radius 2 is 2.00 bits per heavy atom. The molecular formula is C24H29N3O2. The molecule has 0 bridgehead atoms. The third-order valence-corrected chi connectivity index (χ3v) is 5.65. The molecule has 2 amide bonds. The number of nitrogens with zero attached hydrogens (tertiary/aromatic N) is 1. The molecule has 0 unspecified atom stereocenters. The number of carbonyl (C=O) groups is 1. The summed E-state index contributed by atoms with van der Waals surface area (Å²) in [6.07, 6.45) is 0.819. The van der Waals surface area contributed by atoms with Gasteiger partial charge in [-0.25, -0.2) is 4.79 Å². The first-order valence-electron chi connectivity index (χ1n) is 10.3. The lowest BCUT2D eigenvalue weighted by molar-refractivity contribution is 0.178. The van der Waals surface area contributed by atoms with E-state index in [0.717, 1.165) is 28.9 Å². The number of fused-ring (bicyclic) bond motifs is 3. The monoisotopic (exact) mass is 391 g/mol. The van der Waals surface area contributed by atoms with E-state index in [-0.39, 0.29) is 12.1 Å². The molecule has 1 aromatic heterocycles. The fourth-order valence-corrected chi connectivity index (χ4v) is 4.10. The molecule has 0 saturated carbocycles. The van der Waals surface area contributed by atoms with Crippen LogP contribution in [0.5, 0.6) is 5.75 Å². The van der Waals surface area contributed by atoms with Gasteiger partial charge in [0.1, 0.15) is 5.75 Å². The largest absolute Gasteiger partial charge is 0.497 e. The number of aromatic amines is 1. The lowest BCUT2D eigenvalue weighted by atomic mass is 9.92. The molecule has 152 valence electrons. The van der Waals surface area contributed by atoms with Crippen LogP contribution in [0, 0.1) is 12.8 Å². The Kier molecular flexibility index (Phi) is 5.22. The second kappa shape index (κ2) is 7.82. The van der Waals surface area contributed by atoms with Gasteiger partial charge in [-0.1, -0.05) is 43.7 Å². The van der Waals surface area contributed by atoms with Gasteiger partial charge in [-0.15, -0.1) is 0 Å². The first kappa shape index (κ1) is 19.4. The number of aryl methyl sites for hydroxylation is 1. The van der Waals surface area contributed by atoms with Crippen molar-refractivity contribution in [2.24, 2.45) is 5.92 Å². The van der Waals surface area contributed by atoms with Gasteiger partial charge in [0, 0.05) is 29.7 Å². The number of aromatic nitrogens is 1. The van der Waals surface area contributed by atoms with Crippen molar-refractivity contribution >= 4 is 16.9 Å². The van der Waals surface area contributed by atoms with Gasteiger partial charge in [0.2, 0.25) is 0 Å². The molecule has 0 fully saturated rings. The highest BCUT2D eigenvalue weighted by Crippen LogP contribution is 2.39. The second-order valence-corrected chi connectivity index (χ2v) is 8.27. The van der Waals surface area contributed by atoms with E-state index >= 15 is 0 Å². The summed E-state index contributed by atoms with van der Waals surface area (Å²) in [5.74, 6) is 1.26. The van der Waals surface area contributed by atoms with Crippen molar-refractivity contribution < 1.29 is 9.53 Å². The number of benzene rings is 2. The van der Waals surface area contributed by atoms with Crippen molar-refractivity contribution in [3.8, 4) is 5.75 Å². The molecule has 2 N–H and O–H groups in total. The third kappa shape index (κ3) is 3.69. The summed E-state index contributed by atoms with van der Waals surface area (Å²) in [5.41, 5.74) is 5.79. The Morgan fingerprint density at radius 1 is 1.24 bits per heavy atom. The predicted molar refractivity (Wildman–Crippen MR) is 117 cm³/mol. The fraction of sp³-hybridized carbons (Fsp3) is 0.375. The smallest absolute Gasteiger partial charge is 0.318 e. The maximum Gasteiger partial charge on any atom is 0.318 e. The molecule has 0 aliphatic carbocycles. The molecule has 1 aliphatic rings. The number of methoxy groups -OCH3 is 1. The number of amides is 2. The maximum atomic E-state index is 13.1. The van der Waals surface area contributed by atoms with Crippen LogP contribution >= 0.6 is 0 Å². The first-order chi connectivity index (χ1) is 14.0. The minimum absolute atomic E-state index is 0.00818. The highest BCUT2D eigenvalue weighted by atomic mass is 16.5. The van der Waals surface area contributed by atoms with Crippen LogP contribution < -0.4 is 10.1 Å². The zero-order valence-electron chi connectivity index (χ0n) is 17.6. The zero-order chi connectivity index (χ0) is 20.5. The van der Waals surface area contributed by atoms with Crippen LogP contribution in [0.1, 0.15) is 42.3 Å². The molecule has 2 aromatic carbocycles. The van der Waals surface area contributed by atoms with Gasteiger partial charge in [-0.05, 0) is 48.6 Å². The molecule has 0 radical (unpaired) electrons. The molecule has 5 heteroatoms. The van der Waals surface area contributed by atoms with Gasteiger partial charge in [0.15, 0.2) is 0 Å². The van der Waals surface area contributed by atoms with E-state index in [0.29, 0.717) is 19.0 Å². The van der Waals surface area contributed by atoms with Gasteiger partial charge in [-0.2, -0.15) is 0 Å². The van der Waals surface area contributed by atoms with Gasteiger partial charge in [0.25, 0.3) is 0 Å². The molecule has 1 aliphatic heterocycles. The van der Waals surface area contributed by atoms with Gasteiger partial charge >= 0.3 is 6.03 Å². The fourth-order valence-electron chi connectivity index (χ4n) is 4.10. The van der Waals surface area contributed by atoms with Crippen molar-refractivity contribution in [2.75, 3.05) is 20.2 Å². The average molecular weight is 392 g/mol. The number of urea groups is 1. The number of nitrogens with one attached hydrogen (secondary N) is 2. The van der Waals surface area contributed by atoms with Crippen LogP contribution in [0.2, 0.25) is 0 Å². The standard InChI is InChI=1S/C24H29N3O2/c1-15(2)14-25-24(28)27-12-11-19-20-13-18(29-4)9-10-21(20)26-22(19)23(27)17-7-5-16(3)6-8-17/h5-10,13,15,23,26H,11-12,14H2,1-4H3,(H,25,28)/t23-/m0/s1. The van der Waals surface area contributed by atoms with E-state index in [2.05, 4.69) is 67.5 Å². The molecule has 5 nitrogen and oxygen atoms in total. The van der Waals surface area contributed by atoms with Crippen molar-refractivity contribution in [3.63, 3.8) is 0 Å². The van der Waals surface area contributed by atoms with E-state index in [4.69, 9.17) is 4.74 Å². The molecule has 2 heterocycles. The summed E-state index contributed by atoms with van der Waals surface area (Å²) in [6, 6.07) is 14.5. The lowest BCUT2D eigenvalue weighted by Crippen LogP contribution is -2.46. The van der Waals surface area contributed by atoms with Crippen LogP contribution in [-0.4, -0.2) is 36.1 Å². The van der Waals surface area contributed by atoms with E-state index in [1.807, 2.05) is 11.0 Å². The van der Waals surface area contributed by atoms with Crippen LogP contribution in [0.3, 0.4) is 0 Å². The van der Waals surface area contributed by atoms with E-state index in [1.165, 1.54) is 16.5 Å². The zero-order valence-corrected chi connectivity index (χ0v) is 17.6. The first-order valence-corrected chi connectivity index (χ1v) is 10.3. The summed E-state index contributed by atoms with van der Waals surface area (Å²) in [7, 11) is 1.69. The topological polar surface area (TPSA) is 57.4 Å². The van der Waals surface area contributed by atoms with Crippen molar-refractivity contribution in [2.45, 2.75) is 33.2 Å². The number of carbonyl (C=O) groups excluding carboxylic acids is 1. The summed E-state index contributed by atoms with van der Waals surface area (Å²) in [4.78, 5) is 18.6. The quantitative estimate of drug-likeness (QED) is 0.671. The summed E-state index contributed by atoms with van der Waals surface area (Å²) < 4.78 is 5.43. The van der Waals surface area contributed by atoms with Crippen molar-refractivity contribution in [1.82, 2.24) is 15.2 Å². The van der Waals surface area contributed by atoms with Crippen LogP contribution in [0.4, 0.5) is 4.79 Å². The SMILES string of the molecule is COc1ccc2[nH]c3c(c2c1)CCN(C(=O)NCC(C)C)[C@H]3c1ccc(C)cc1. The minimum atomic E-state index is -0.134. The molecule has 1 atom stereocenters. The molecular weight excluding hydrogens is 362 g/mol. The normalized spacial score (nSPS) is 16.2. The summed E-state index contributed by atoms with van der Waals surface area (Å²) in [6.45, 7) is 7.65. The Hall–Kier alpha value is -2.95. The Balaban J connectivity index is 1.80. The Labute approximate surface area is 172 Å². The number of rotatable bonds is 4. The molecule has 3 aromatic rings. The average Bonchev–Trinajstić information content (AvgIpc) is 3.09. The van der Waals surface area contributed by atoms with Crippen LogP contribution in [0.25, 0.3) is 10.9 Å². The van der Waals surface area contributed by atoms with Crippen molar-refractivity contribution in [1.29, 1.82) is 0 Å². The van der Waals surface area contributed by atoms with Crippen LogP contribution in [-0.2, 0) is 6.42 Å². The van der Waals surface area contributed by atoms with Gasteiger partial charge < -0.3 is 19.9 Å². The van der Waals surface area contributed by atoms with Gasteiger partial charge in [-0.3, -0.25) is 0 Å². The van der Waals surface area contributed by atoms with Crippen LogP contribution in [0.15, 0.2) is 42.5 Å². The predicted octanol–water partition coefficient (Wildman–Crippen LogP) is 4.80. The Bertz CT molecular complexity index is 1020. The molecule has 4 rings (SSSR count). The molecule has 0 spiro atoms. The highest BCUT2D eigenvalue weighted by molar-refractivity contribution is 5.87. The summed E-state index contributed by atoms with van der Waals surface area (Å²) in [5, 5.41) is 4.28. The highest BCUT2D eigenvalue weighted by Gasteiger charge is 2.34. The van der Waals surface area contributed by atoms with E-state index in [9.17, 15) is 4.79 Å². The number of hydrogen-bond acceptors (Lipinski definition) is 2. The maximum absolute atomic E-state index is 13.1. The second-order valence-electron chi connectivity index (χ2n) is 8.27. The molecule has 0 saturated heterocycles. The van der Waals surface area contributed by atoms with Gasteiger partial charge in [0.05, 0.1) is 13.2 Å². The number of ether oxygens (including phenoxy) is 1. The molecule has 29 heavy (non-hydrogen) atoms. The minimum Gasteiger partial charge on any atom is -0.497 e. The Morgan fingerprint density at radius 3 is 2.69 bits per heavy atom. The number of hydrogen-bond donors (Lipinski definition) is 2. The van der Waals surface area contributed by atoms with Crippen molar-refractivity contribution in [3.05, 3.63) is 64.8 Å². The lowest BCUT2D eigenvalue weighted by Gasteiger charge is -2.36. The summed E-state index contributed by atoms with van der Waals surface area (Å²) >= 11 is 0.